The van der Waals surface area contributed by atoms with E-state index in [-0.39, 0.29) is 45.4 Å². The lowest BCUT2D eigenvalue weighted by atomic mass is 9.86. The number of halogens is 2. The summed E-state index contributed by atoms with van der Waals surface area (Å²) in [6.45, 7) is -1.10. The summed E-state index contributed by atoms with van der Waals surface area (Å²) in [4.78, 5) is 29.7. The average Bonchev–Trinajstić information content (AvgIpc) is 3.43. The lowest BCUT2D eigenvalue weighted by molar-refractivity contribution is -0.117. The van der Waals surface area contributed by atoms with Crippen molar-refractivity contribution in [3.05, 3.63) is 88.5 Å². The summed E-state index contributed by atoms with van der Waals surface area (Å²) in [5, 5.41) is 6.76. The number of methoxy groups -OCH3 is 1. The Hall–Kier alpha value is -4.41. The Kier molecular flexibility index (Phi) is 8.55. The highest BCUT2D eigenvalue weighted by Gasteiger charge is 2.22. The van der Waals surface area contributed by atoms with E-state index in [9.17, 15) is 14.0 Å². The van der Waals surface area contributed by atoms with E-state index in [2.05, 4.69) is 15.6 Å². The van der Waals surface area contributed by atoms with Gasteiger partial charge in [0.05, 0.1) is 43.6 Å². The van der Waals surface area contributed by atoms with Crippen molar-refractivity contribution in [2.45, 2.75) is 44.8 Å². The van der Waals surface area contributed by atoms with Gasteiger partial charge in [-0.3, -0.25) is 4.79 Å². The molecule has 0 saturated carbocycles. The number of anilines is 2. The highest BCUT2D eigenvalue weighted by atomic mass is 35.5. The predicted octanol–water partition coefficient (Wildman–Crippen LogP) is 7.40. The van der Waals surface area contributed by atoms with Crippen LogP contribution < -0.4 is 15.4 Å². The summed E-state index contributed by atoms with van der Waals surface area (Å²) in [6, 6.07) is 13.2. The molecular weight excluding hydrogens is 601 g/mol. The van der Waals surface area contributed by atoms with Crippen LogP contribution in [0.2, 0.25) is 5.02 Å². The first kappa shape index (κ1) is 28.1. The summed E-state index contributed by atoms with van der Waals surface area (Å²) < 4.78 is 52.0. The quantitative estimate of drug-likeness (QED) is 0.164. The minimum absolute atomic E-state index is 0.0132. The Balaban J connectivity index is 1.08. The summed E-state index contributed by atoms with van der Waals surface area (Å²) >= 11 is 6.14. The minimum atomic E-state index is -2.39. The Bertz CT molecular complexity index is 1840. The number of allylic oxidation sites excluding steroid dienone is 2. The maximum absolute atomic E-state index is 13.8. The summed E-state index contributed by atoms with van der Waals surface area (Å²) in [7, 11) is 1.32. The number of nitrogens with zero attached hydrogens (tertiary/aromatic N) is 1. The maximum atomic E-state index is 13.8. The number of benzene rings is 2. The fourth-order valence-corrected chi connectivity index (χ4v) is 5.59. The number of carbonyl (C=O) groups is 2. The van der Waals surface area contributed by atoms with Gasteiger partial charge in [-0.2, -0.15) is 4.39 Å². The van der Waals surface area contributed by atoms with Crippen LogP contribution >= 0.6 is 11.6 Å². The molecule has 0 spiro atoms. The first-order valence-electron chi connectivity index (χ1n) is 15.7. The van der Waals surface area contributed by atoms with Crippen LogP contribution in [0, 0.1) is 11.9 Å². The first-order chi connectivity index (χ1) is 22.6. The molecule has 234 valence electrons. The minimum Gasteiger partial charge on any atom is -0.473 e. The fourth-order valence-electron chi connectivity index (χ4n) is 5.38. The molecule has 1 saturated heterocycles. The summed E-state index contributed by atoms with van der Waals surface area (Å²) in [5.41, 5.74) is 3.14. The molecule has 2 aromatic carbocycles. The van der Waals surface area contributed by atoms with Crippen LogP contribution in [0.3, 0.4) is 0 Å². The van der Waals surface area contributed by atoms with Gasteiger partial charge in [-0.15, -0.1) is 0 Å². The third-order valence-electron chi connectivity index (χ3n) is 7.94. The third-order valence-corrected chi connectivity index (χ3v) is 8.27. The highest BCUT2D eigenvalue weighted by molar-refractivity contribution is 6.35. The molecule has 2 N–H and O–H groups in total. The SMILES string of the molecule is [2H]C([2H])(Oc1cccc(C2=CCC(CC(=O)Nc3ccc(C(=O)OC)cc3NC[C@@H]3CCO3)CC2)n1)c1ccc(Cl)c2cc(F)oc12. The molecule has 0 radical (unpaired) electrons. The van der Waals surface area contributed by atoms with Crippen molar-refractivity contribution in [2.24, 2.45) is 5.92 Å². The molecule has 45 heavy (non-hydrogen) atoms. The van der Waals surface area contributed by atoms with Crippen molar-refractivity contribution in [3.63, 3.8) is 0 Å². The molecule has 1 amide bonds. The zero-order valence-corrected chi connectivity index (χ0v) is 25.3. The lowest BCUT2D eigenvalue weighted by Crippen LogP contribution is -2.33. The molecule has 9 nitrogen and oxygen atoms in total. The van der Waals surface area contributed by atoms with Crippen molar-refractivity contribution in [3.8, 4) is 5.88 Å². The van der Waals surface area contributed by atoms with Crippen molar-refractivity contribution in [2.75, 3.05) is 30.9 Å². The molecule has 2 aliphatic rings. The van der Waals surface area contributed by atoms with Gasteiger partial charge in [0.15, 0.2) is 0 Å². The highest BCUT2D eigenvalue weighted by Crippen LogP contribution is 2.34. The molecule has 3 heterocycles. The molecule has 1 unspecified atom stereocenters. The molecule has 6 rings (SSSR count). The average molecular weight is 636 g/mol. The van der Waals surface area contributed by atoms with Gasteiger partial charge in [0.25, 0.3) is 6.01 Å². The van der Waals surface area contributed by atoms with Crippen molar-refractivity contribution in [1.82, 2.24) is 4.98 Å². The Morgan fingerprint density at radius 1 is 1.16 bits per heavy atom. The smallest absolute Gasteiger partial charge is 0.337 e. The predicted molar refractivity (Wildman–Crippen MR) is 169 cm³/mol. The molecular formula is C34H33ClFN3O6. The van der Waals surface area contributed by atoms with Crippen LogP contribution in [0.1, 0.15) is 56.5 Å². The summed E-state index contributed by atoms with van der Waals surface area (Å²) in [6.07, 6.45) is 5.49. The van der Waals surface area contributed by atoms with Gasteiger partial charge in [-0.05, 0) is 67.5 Å². The molecule has 2 atom stereocenters. The van der Waals surface area contributed by atoms with E-state index in [0.717, 1.165) is 31.1 Å². The van der Waals surface area contributed by atoms with Gasteiger partial charge >= 0.3 is 5.97 Å². The van der Waals surface area contributed by atoms with E-state index in [1.54, 1.807) is 30.3 Å². The maximum Gasteiger partial charge on any atom is 0.337 e. The second kappa shape index (κ2) is 13.7. The summed E-state index contributed by atoms with van der Waals surface area (Å²) in [5.74, 6) is -0.433. The monoisotopic (exact) mass is 635 g/mol. The van der Waals surface area contributed by atoms with E-state index in [1.165, 1.54) is 19.2 Å². The Labute approximate surface area is 267 Å². The van der Waals surface area contributed by atoms with Crippen LogP contribution in [0.15, 0.2) is 65.1 Å². The van der Waals surface area contributed by atoms with Crippen molar-refractivity contribution in [1.29, 1.82) is 0 Å². The van der Waals surface area contributed by atoms with Gasteiger partial charge < -0.3 is 29.3 Å². The third kappa shape index (κ3) is 7.29. The number of carbonyl (C=O) groups excluding carboxylic acids is 2. The van der Waals surface area contributed by atoms with Crippen LogP contribution in [0.4, 0.5) is 15.8 Å². The van der Waals surface area contributed by atoms with E-state index in [1.807, 2.05) is 12.1 Å². The zero-order valence-electron chi connectivity index (χ0n) is 26.5. The number of amides is 1. The fraction of sp³-hybridized carbons (Fsp3) is 0.324. The number of ether oxygens (including phenoxy) is 3. The van der Waals surface area contributed by atoms with Gasteiger partial charge in [-0.25, -0.2) is 9.78 Å². The zero-order chi connectivity index (χ0) is 33.1. The lowest BCUT2D eigenvalue weighted by Gasteiger charge is -2.27. The number of esters is 1. The molecule has 4 aromatic rings. The molecule has 11 heteroatoms. The van der Waals surface area contributed by atoms with Gasteiger partial charge in [0.1, 0.15) is 12.1 Å². The van der Waals surface area contributed by atoms with E-state index < -0.39 is 18.5 Å². The number of pyridine rings is 1. The number of aromatic nitrogens is 1. The second-order valence-electron chi connectivity index (χ2n) is 11.0. The number of hydrogen-bond donors (Lipinski definition) is 2. The van der Waals surface area contributed by atoms with Crippen LogP contribution in [0.5, 0.6) is 5.88 Å². The molecule has 1 aliphatic carbocycles. The number of furan rings is 1. The van der Waals surface area contributed by atoms with Crippen LogP contribution in [0.25, 0.3) is 16.5 Å². The van der Waals surface area contributed by atoms with Gasteiger partial charge in [0.2, 0.25) is 11.8 Å². The topological polar surface area (TPSA) is 112 Å². The van der Waals surface area contributed by atoms with Crippen molar-refractivity contribution < 1.29 is 35.3 Å². The van der Waals surface area contributed by atoms with Crippen LogP contribution in [-0.2, 0) is 20.8 Å². The van der Waals surface area contributed by atoms with E-state index >= 15 is 0 Å². The first-order valence-corrected chi connectivity index (χ1v) is 15.1. The van der Waals surface area contributed by atoms with Crippen LogP contribution in [-0.4, -0.2) is 43.2 Å². The standard InChI is InChI=1S/C34H33ClFN3O6/c1-42-34(41)22-10-12-28(29(16-22)37-18-24-13-14-43-24)38-31(40)15-20-5-7-21(8-6-20)27-3-2-4-32(39-27)44-19-23-9-11-26(35)25-17-30(36)45-33(23)25/h2-4,7,9-12,16-17,20,24,37H,5-6,8,13-15,18-19H2,1H3,(H,38,40)/t20?,24-/m0/s1/i19D2. The number of hydrogen-bond acceptors (Lipinski definition) is 8. The number of rotatable bonds is 11. The van der Waals surface area contributed by atoms with Crippen molar-refractivity contribution >= 4 is 51.4 Å². The van der Waals surface area contributed by atoms with Gasteiger partial charge in [0, 0.05) is 42.7 Å². The van der Waals surface area contributed by atoms with E-state index in [0.29, 0.717) is 48.4 Å². The molecule has 2 aromatic heterocycles. The number of fused-ring (bicyclic) bond motifs is 1. The molecule has 1 aliphatic heterocycles. The Morgan fingerprint density at radius 2 is 2.02 bits per heavy atom. The van der Waals surface area contributed by atoms with E-state index in [4.69, 9.17) is 33.0 Å². The second-order valence-corrected chi connectivity index (χ2v) is 11.4. The van der Waals surface area contributed by atoms with Gasteiger partial charge in [-0.1, -0.05) is 29.8 Å². The largest absolute Gasteiger partial charge is 0.473 e. The Morgan fingerprint density at radius 3 is 2.78 bits per heavy atom. The molecule has 0 bridgehead atoms. The molecule has 1 fully saturated rings. The normalized spacial score (nSPS) is 18.7. The number of nitrogens with one attached hydrogen (secondary N) is 2.